The third-order valence-electron chi connectivity index (χ3n) is 1.77. The second-order valence-electron chi connectivity index (χ2n) is 3.06. The Morgan fingerprint density at radius 3 is 3.06 bits per heavy atom. The van der Waals surface area contributed by atoms with Crippen molar-refractivity contribution in [2.75, 3.05) is 5.73 Å². The third kappa shape index (κ3) is 2.13. The number of hydrogen-bond donors (Lipinski definition) is 3. The van der Waals surface area contributed by atoms with Gasteiger partial charge in [0.15, 0.2) is 5.82 Å². The molecule has 2 aromatic rings. The van der Waals surface area contributed by atoms with E-state index in [9.17, 15) is 4.79 Å². The van der Waals surface area contributed by atoms with E-state index in [1.807, 2.05) is 0 Å². The zero-order valence-corrected chi connectivity index (χ0v) is 8.51. The van der Waals surface area contributed by atoms with Crippen LogP contribution in [0, 0.1) is 0 Å². The Morgan fingerprint density at radius 2 is 2.50 bits per heavy atom. The van der Waals surface area contributed by atoms with Crippen LogP contribution in [-0.4, -0.2) is 35.9 Å². The predicted molar refractivity (Wildman–Crippen MR) is 53.0 cm³/mol. The number of amides is 1. The van der Waals surface area contributed by atoms with E-state index in [0.717, 1.165) is 0 Å². The summed E-state index contributed by atoms with van der Waals surface area (Å²) in [6, 6.07) is 0. The van der Waals surface area contributed by atoms with Crippen LogP contribution in [0.3, 0.4) is 0 Å². The third-order valence-corrected chi connectivity index (χ3v) is 1.77. The van der Waals surface area contributed by atoms with E-state index in [0.29, 0.717) is 5.82 Å². The molecule has 84 valence electrons. The molecule has 0 saturated heterocycles. The highest BCUT2D eigenvalue weighted by Crippen LogP contribution is 1.93. The summed E-state index contributed by atoms with van der Waals surface area (Å²) in [5.74, 6) is 0.203. The molecule has 0 aliphatic carbocycles. The lowest BCUT2D eigenvalue weighted by Gasteiger charge is -1.97. The number of carbonyl (C=O) groups excluding carboxylic acids is 1. The average Bonchev–Trinajstić information content (AvgIpc) is 2.84. The van der Waals surface area contributed by atoms with Gasteiger partial charge in [0, 0.05) is 7.05 Å². The summed E-state index contributed by atoms with van der Waals surface area (Å²) in [6.45, 7) is 0.222. The van der Waals surface area contributed by atoms with Gasteiger partial charge in [-0.3, -0.25) is 14.6 Å². The summed E-state index contributed by atoms with van der Waals surface area (Å²) in [5, 5.41) is 12.5. The molecule has 0 saturated carbocycles. The fraction of sp³-hybridized carbons (Fsp3) is 0.286. The fourth-order valence-corrected chi connectivity index (χ4v) is 1.08. The average molecular weight is 222 g/mol. The molecule has 16 heavy (non-hydrogen) atoms. The van der Waals surface area contributed by atoms with Gasteiger partial charge in [-0.15, -0.1) is 5.10 Å². The molecular formula is C7H10N8O. The van der Waals surface area contributed by atoms with Crippen LogP contribution in [0.4, 0.5) is 5.95 Å². The predicted octanol–water partition coefficient (Wildman–Crippen LogP) is -1.55. The SMILES string of the molecule is Cn1cnc(CNC(=O)c2nc(N)n[nH]2)n1. The monoisotopic (exact) mass is 222 g/mol. The maximum atomic E-state index is 11.5. The summed E-state index contributed by atoms with van der Waals surface area (Å²) in [6.07, 6.45) is 1.55. The van der Waals surface area contributed by atoms with Crippen LogP contribution in [0.25, 0.3) is 0 Å². The first-order chi connectivity index (χ1) is 7.65. The Labute approximate surface area is 90.1 Å². The highest BCUT2D eigenvalue weighted by molar-refractivity contribution is 5.90. The number of hydrogen-bond acceptors (Lipinski definition) is 6. The first-order valence-corrected chi connectivity index (χ1v) is 4.46. The smallest absolute Gasteiger partial charge is 0.289 e. The van der Waals surface area contributed by atoms with E-state index in [2.05, 4.69) is 30.6 Å². The molecule has 2 rings (SSSR count). The first-order valence-electron chi connectivity index (χ1n) is 4.46. The molecule has 9 heteroatoms. The molecule has 0 aromatic carbocycles. The summed E-state index contributed by atoms with van der Waals surface area (Å²) in [7, 11) is 1.75. The normalized spacial score (nSPS) is 10.3. The Hall–Kier alpha value is -2.45. The van der Waals surface area contributed by atoms with Crippen molar-refractivity contribution in [2.45, 2.75) is 6.54 Å². The van der Waals surface area contributed by atoms with Gasteiger partial charge in [0.1, 0.15) is 6.33 Å². The van der Waals surface area contributed by atoms with Gasteiger partial charge in [0.25, 0.3) is 5.91 Å². The maximum absolute atomic E-state index is 11.5. The van der Waals surface area contributed by atoms with Crippen molar-refractivity contribution in [1.29, 1.82) is 0 Å². The van der Waals surface area contributed by atoms with Gasteiger partial charge in [-0.2, -0.15) is 10.1 Å². The first kappa shape index (κ1) is 10.1. The Bertz CT molecular complexity index is 500. The minimum absolute atomic E-state index is 0.0288. The van der Waals surface area contributed by atoms with Crippen molar-refractivity contribution in [3.8, 4) is 0 Å². The van der Waals surface area contributed by atoms with Gasteiger partial charge in [0.05, 0.1) is 6.54 Å². The van der Waals surface area contributed by atoms with E-state index in [-0.39, 0.29) is 18.3 Å². The van der Waals surface area contributed by atoms with Gasteiger partial charge in [-0.1, -0.05) is 0 Å². The topological polar surface area (TPSA) is 127 Å². The largest absolute Gasteiger partial charge is 0.366 e. The zero-order chi connectivity index (χ0) is 11.5. The lowest BCUT2D eigenvalue weighted by molar-refractivity contribution is 0.0940. The number of anilines is 1. The molecule has 4 N–H and O–H groups in total. The van der Waals surface area contributed by atoms with Crippen LogP contribution in [-0.2, 0) is 13.6 Å². The van der Waals surface area contributed by atoms with E-state index in [1.165, 1.54) is 0 Å². The summed E-state index contributed by atoms with van der Waals surface area (Å²) < 4.78 is 1.55. The highest BCUT2D eigenvalue weighted by atomic mass is 16.2. The standard InChI is InChI=1S/C7H10N8O/c1-15-3-10-4(14-15)2-9-6(16)5-11-7(8)13-12-5/h3H,2H2,1H3,(H,9,16)(H3,8,11,12,13). The van der Waals surface area contributed by atoms with Gasteiger partial charge >= 0.3 is 0 Å². The molecular weight excluding hydrogens is 212 g/mol. The molecule has 9 nitrogen and oxygen atoms in total. The Kier molecular flexibility index (Phi) is 2.50. The molecule has 1 amide bonds. The fourth-order valence-electron chi connectivity index (χ4n) is 1.08. The number of nitrogens with zero attached hydrogens (tertiary/aromatic N) is 5. The van der Waals surface area contributed by atoms with Crippen molar-refractivity contribution >= 4 is 11.9 Å². The van der Waals surface area contributed by atoms with Crippen LogP contribution in [0.5, 0.6) is 0 Å². The summed E-state index contributed by atoms with van der Waals surface area (Å²) >= 11 is 0. The molecule has 2 heterocycles. The van der Waals surface area contributed by atoms with Gasteiger partial charge < -0.3 is 11.1 Å². The van der Waals surface area contributed by atoms with E-state index in [1.54, 1.807) is 18.1 Å². The lowest BCUT2D eigenvalue weighted by atomic mass is 10.5. The number of nitrogen functional groups attached to an aromatic ring is 1. The minimum atomic E-state index is -0.406. The second-order valence-corrected chi connectivity index (χ2v) is 3.06. The van der Waals surface area contributed by atoms with Gasteiger partial charge in [0.2, 0.25) is 11.8 Å². The highest BCUT2D eigenvalue weighted by Gasteiger charge is 2.10. The molecule has 0 unspecified atom stereocenters. The molecule has 0 fully saturated rings. The van der Waals surface area contributed by atoms with E-state index in [4.69, 9.17) is 5.73 Å². The van der Waals surface area contributed by atoms with Crippen molar-refractivity contribution in [3.05, 3.63) is 18.0 Å². The van der Waals surface area contributed by atoms with E-state index < -0.39 is 5.91 Å². The second kappa shape index (κ2) is 3.96. The van der Waals surface area contributed by atoms with Crippen molar-refractivity contribution < 1.29 is 4.79 Å². The van der Waals surface area contributed by atoms with Crippen LogP contribution >= 0.6 is 0 Å². The van der Waals surface area contributed by atoms with Crippen LogP contribution in [0.15, 0.2) is 6.33 Å². The van der Waals surface area contributed by atoms with Gasteiger partial charge in [-0.25, -0.2) is 4.98 Å². The number of aromatic nitrogens is 6. The van der Waals surface area contributed by atoms with Crippen LogP contribution in [0.1, 0.15) is 16.4 Å². The molecule has 0 aliphatic rings. The number of aromatic amines is 1. The number of nitrogens with two attached hydrogens (primary N) is 1. The molecule has 0 atom stereocenters. The van der Waals surface area contributed by atoms with Crippen LogP contribution in [0.2, 0.25) is 0 Å². The van der Waals surface area contributed by atoms with E-state index >= 15 is 0 Å². The Balaban J connectivity index is 1.93. The molecule has 2 aromatic heterocycles. The number of nitrogens with one attached hydrogen (secondary N) is 2. The quantitative estimate of drug-likeness (QED) is 0.576. The number of aryl methyl sites for hydroxylation is 1. The molecule has 0 radical (unpaired) electrons. The van der Waals surface area contributed by atoms with Crippen molar-refractivity contribution in [3.63, 3.8) is 0 Å². The summed E-state index contributed by atoms with van der Waals surface area (Å²) in [5.41, 5.74) is 5.27. The number of rotatable bonds is 3. The molecule has 0 spiro atoms. The van der Waals surface area contributed by atoms with Gasteiger partial charge in [-0.05, 0) is 0 Å². The van der Waals surface area contributed by atoms with Crippen molar-refractivity contribution in [2.24, 2.45) is 7.05 Å². The number of carbonyl (C=O) groups is 1. The lowest BCUT2D eigenvalue weighted by Crippen LogP contribution is -2.24. The zero-order valence-electron chi connectivity index (χ0n) is 8.51. The maximum Gasteiger partial charge on any atom is 0.289 e. The van der Waals surface area contributed by atoms with Crippen LogP contribution < -0.4 is 11.1 Å². The molecule has 0 bridgehead atoms. The minimum Gasteiger partial charge on any atom is -0.366 e. The van der Waals surface area contributed by atoms with Crippen molar-refractivity contribution in [1.82, 2.24) is 35.3 Å². The summed E-state index contributed by atoms with van der Waals surface area (Å²) in [4.78, 5) is 19.1. The number of H-pyrrole nitrogens is 1. The molecule has 0 aliphatic heterocycles. The Morgan fingerprint density at radius 1 is 1.69 bits per heavy atom.